The molecule has 0 saturated carbocycles. The van der Waals surface area contributed by atoms with E-state index in [1.54, 1.807) is 0 Å². The molecule has 1 aliphatic carbocycles. The van der Waals surface area contributed by atoms with Gasteiger partial charge in [0.25, 0.3) is 0 Å². The molecule has 2 aromatic heterocycles. The zero-order chi connectivity index (χ0) is 19.4. The molecule has 0 saturated heterocycles. The largest absolute Gasteiger partial charge is 0.261 e. The Labute approximate surface area is 163 Å². The maximum Gasteiger partial charge on any atom is 0.102 e. The zero-order valence-corrected chi connectivity index (χ0v) is 17.2. The van der Waals surface area contributed by atoms with E-state index in [2.05, 4.69) is 50.9 Å². The van der Waals surface area contributed by atoms with Crippen LogP contribution < -0.4 is 0 Å². The van der Waals surface area contributed by atoms with E-state index in [0.717, 1.165) is 53.8 Å². The number of nitrogens with zero attached hydrogens (tertiary/aromatic N) is 3. The highest BCUT2D eigenvalue weighted by atomic mass is 14.7. The van der Waals surface area contributed by atoms with Gasteiger partial charge in [-0.05, 0) is 67.7 Å². The maximum absolute atomic E-state index is 10.1. The number of pyridine rings is 2. The molecule has 0 unspecified atom stereocenters. The molecule has 0 aliphatic heterocycles. The molecule has 3 rings (SSSR count). The SMILES string of the molecule is CCC(CC)c1nc2c(c(-c3ccnc(C(C)C)c3)c1C#N)CCCCC2. The van der Waals surface area contributed by atoms with Gasteiger partial charge in [-0.25, -0.2) is 0 Å². The Balaban J connectivity index is 2.31. The molecule has 2 heterocycles. The first kappa shape index (κ1) is 19.5. The molecule has 0 atom stereocenters. The van der Waals surface area contributed by atoms with Crippen molar-refractivity contribution in [2.45, 2.75) is 84.5 Å². The van der Waals surface area contributed by atoms with Crippen molar-refractivity contribution in [3.8, 4) is 17.2 Å². The van der Waals surface area contributed by atoms with Crippen LogP contribution in [0.2, 0.25) is 0 Å². The summed E-state index contributed by atoms with van der Waals surface area (Å²) in [6.45, 7) is 8.73. The molecule has 3 nitrogen and oxygen atoms in total. The third kappa shape index (κ3) is 3.90. The molecule has 0 radical (unpaired) electrons. The summed E-state index contributed by atoms with van der Waals surface area (Å²) in [6.07, 6.45) is 9.60. The average Bonchev–Trinajstić information content (AvgIpc) is 2.93. The lowest BCUT2D eigenvalue weighted by Crippen LogP contribution is -2.11. The number of hydrogen-bond donors (Lipinski definition) is 0. The third-order valence-electron chi connectivity index (χ3n) is 5.90. The summed E-state index contributed by atoms with van der Waals surface area (Å²) >= 11 is 0. The highest BCUT2D eigenvalue weighted by Crippen LogP contribution is 2.38. The van der Waals surface area contributed by atoms with Crippen LogP contribution in [0, 0.1) is 11.3 Å². The Hall–Kier alpha value is -2.21. The highest BCUT2D eigenvalue weighted by Gasteiger charge is 2.25. The first-order valence-electron chi connectivity index (χ1n) is 10.5. The number of fused-ring (bicyclic) bond motifs is 1. The van der Waals surface area contributed by atoms with E-state index >= 15 is 0 Å². The highest BCUT2D eigenvalue weighted by molar-refractivity contribution is 5.76. The Morgan fingerprint density at radius 2 is 1.85 bits per heavy atom. The van der Waals surface area contributed by atoms with Crippen LogP contribution >= 0.6 is 0 Å². The minimum Gasteiger partial charge on any atom is -0.261 e. The lowest BCUT2D eigenvalue weighted by molar-refractivity contribution is 0.616. The van der Waals surface area contributed by atoms with E-state index in [0.29, 0.717) is 11.8 Å². The van der Waals surface area contributed by atoms with Gasteiger partial charge in [0.2, 0.25) is 0 Å². The number of nitriles is 1. The summed E-state index contributed by atoms with van der Waals surface area (Å²) in [5.74, 6) is 0.716. The molecule has 27 heavy (non-hydrogen) atoms. The van der Waals surface area contributed by atoms with Gasteiger partial charge < -0.3 is 0 Å². The van der Waals surface area contributed by atoms with E-state index in [4.69, 9.17) is 4.98 Å². The molecule has 0 bridgehead atoms. The summed E-state index contributed by atoms with van der Waals surface area (Å²) in [5, 5.41) is 10.1. The second kappa shape index (κ2) is 8.65. The lowest BCUT2D eigenvalue weighted by Gasteiger charge is -2.22. The van der Waals surface area contributed by atoms with Crippen molar-refractivity contribution in [2.75, 3.05) is 0 Å². The molecule has 0 amide bonds. The van der Waals surface area contributed by atoms with Crippen molar-refractivity contribution >= 4 is 0 Å². The maximum atomic E-state index is 10.1. The number of hydrogen-bond acceptors (Lipinski definition) is 3. The Kier molecular flexibility index (Phi) is 6.26. The number of aryl methyl sites for hydroxylation is 1. The summed E-state index contributed by atoms with van der Waals surface area (Å²) in [6, 6.07) is 6.80. The number of rotatable bonds is 5. The van der Waals surface area contributed by atoms with Crippen molar-refractivity contribution in [1.82, 2.24) is 9.97 Å². The Morgan fingerprint density at radius 1 is 1.11 bits per heavy atom. The van der Waals surface area contributed by atoms with Crippen LogP contribution in [-0.4, -0.2) is 9.97 Å². The predicted molar refractivity (Wildman–Crippen MR) is 111 cm³/mol. The fourth-order valence-electron chi connectivity index (χ4n) is 4.26. The molecule has 0 aromatic carbocycles. The smallest absolute Gasteiger partial charge is 0.102 e. The van der Waals surface area contributed by atoms with Crippen LogP contribution in [0.15, 0.2) is 18.3 Å². The topological polar surface area (TPSA) is 49.6 Å². The standard InChI is InChI=1S/C24H31N3/c1-5-17(6-2)24-20(15-25)23(18-12-13-26-22(14-18)16(3)4)19-10-8-7-9-11-21(19)27-24/h12-14,16-17H,5-11H2,1-4H3. The van der Waals surface area contributed by atoms with Crippen molar-refractivity contribution in [2.24, 2.45) is 0 Å². The fraction of sp³-hybridized carbons (Fsp3) is 0.542. The van der Waals surface area contributed by atoms with Gasteiger partial charge in [0, 0.05) is 29.1 Å². The van der Waals surface area contributed by atoms with Crippen LogP contribution in [0.3, 0.4) is 0 Å². The minimum atomic E-state index is 0.346. The quantitative estimate of drug-likeness (QED) is 0.586. The fourth-order valence-corrected chi connectivity index (χ4v) is 4.26. The van der Waals surface area contributed by atoms with E-state index in [-0.39, 0.29) is 0 Å². The summed E-state index contributed by atoms with van der Waals surface area (Å²) in [4.78, 5) is 9.63. The predicted octanol–water partition coefficient (Wildman–Crippen LogP) is 6.31. The van der Waals surface area contributed by atoms with Gasteiger partial charge in [0.1, 0.15) is 6.07 Å². The summed E-state index contributed by atoms with van der Waals surface area (Å²) in [5.41, 5.74) is 7.70. The van der Waals surface area contributed by atoms with E-state index in [9.17, 15) is 5.26 Å². The normalized spacial score (nSPS) is 14.1. The first-order chi connectivity index (χ1) is 13.1. The van der Waals surface area contributed by atoms with Gasteiger partial charge in [-0.1, -0.05) is 34.1 Å². The minimum absolute atomic E-state index is 0.346. The average molecular weight is 362 g/mol. The molecule has 1 aliphatic rings. The van der Waals surface area contributed by atoms with Crippen molar-refractivity contribution < 1.29 is 0 Å². The van der Waals surface area contributed by atoms with Gasteiger partial charge in [0.05, 0.1) is 11.3 Å². The van der Waals surface area contributed by atoms with Gasteiger partial charge in [0.15, 0.2) is 0 Å². The first-order valence-corrected chi connectivity index (χ1v) is 10.5. The monoisotopic (exact) mass is 361 g/mol. The third-order valence-corrected chi connectivity index (χ3v) is 5.90. The summed E-state index contributed by atoms with van der Waals surface area (Å²) in [7, 11) is 0. The van der Waals surface area contributed by atoms with Gasteiger partial charge >= 0.3 is 0 Å². The molecule has 0 spiro atoms. The molecular formula is C24H31N3. The Morgan fingerprint density at radius 3 is 2.52 bits per heavy atom. The van der Waals surface area contributed by atoms with E-state index in [1.165, 1.54) is 30.5 Å². The molecule has 0 fully saturated rings. The van der Waals surface area contributed by atoms with Crippen molar-refractivity contribution in [1.29, 1.82) is 5.26 Å². The van der Waals surface area contributed by atoms with Crippen LogP contribution in [0.5, 0.6) is 0 Å². The van der Waals surface area contributed by atoms with Gasteiger partial charge in [-0.15, -0.1) is 0 Å². The molecular weight excluding hydrogens is 330 g/mol. The second-order valence-corrected chi connectivity index (χ2v) is 7.98. The summed E-state index contributed by atoms with van der Waals surface area (Å²) < 4.78 is 0. The van der Waals surface area contributed by atoms with Crippen LogP contribution in [0.4, 0.5) is 0 Å². The lowest BCUT2D eigenvalue weighted by atomic mass is 9.86. The van der Waals surface area contributed by atoms with E-state index in [1.807, 2.05) is 6.20 Å². The second-order valence-electron chi connectivity index (χ2n) is 7.98. The molecule has 2 aromatic rings. The van der Waals surface area contributed by atoms with Gasteiger partial charge in [-0.3, -0.25) is 9.97 Å². The van der Waals surface area contributed by atoms with Crippen LogP contribution in [0.25, 0.3) is 11.1 Å². The molecule has 0 N–H and O–H groups in total. The van der Waals surface area contributed by atoms with Crippen molar-refractivity contribution in [3.63, 3.8) is 0 Å². The van der Waals surface area contributed by atoms with E-state index < -0.39 is 0 Å². The van der Waals surface area contributed by atoms with Gasteiger partial charge in [-0.2, -0.15) is 5.26 Å². The molecule has 142 valence electrons. The van der Waals surface area contributed by atoms with Crippen LogP contribution in [-0.2, 0) is 12.8 Å². The number of aromatic nitrogens is 2. The van der Waals surface area contributed by atoms with Crippen LogP contribution in [0.1, 0.15) is 99.8 Å². The van der Waals surface area contributed by atoms with Crippen molar-refractivity contribution in [3.05, 3.63) is 46.5 Å². The Bertz CT molecular complexity index is 841. The zero-order valence-electron chi connectivity index (χ0n) is 17.2. The molecule has 3 heteroatoms.